The number of primary amides is 1. The molecule has 1 aromatic carbocycles. The number of hydrogen-bond donors (Lipinski definition) is 2. The number of rotatable bonds is 3. The Morgan fingerprint density at radius 2 is 2.11 bits per heavy atom. The van der Waals surface area contributed by atoms with Crippen molar-refractivity contribution in [2.24, 2.45) is 5.73 Å². The van der Waals surface area contributed by atoms with E-state index in [0.29, 0.717) is 0 Å². The SMILES string of the molecule is C=C(C#N)C(N)=O.c1ccc(OC2CCN2)cc1. The number of amides is 1. The third-order valence-electron chi connectivity index (χ3n) is 2.23. The highest BCUT2D eigenvalue weighted by molar-refractivity contribution is 5.95. The normalized spacial score (nSPS) is 16.3. The predicted octanol–water partition coefficient (Wildman–Crippen LogP) is 0.936. The molecule has 1 atom stereocenters. The minimum atomic E-state index is -0.762. The Balaban J connectivity index is 0.000000203. The van der Waals surface area contributed by atoms with Gasteiger partial charge in [-0.15, -0.1) is 0 Å². The van der Waals surface area contributed by atoms with Crippen molar-refractivity contribution in [3.63, 3.8) is 0 Å². The first-order valence-electron chi connectivity index (χ1n) is 5.47. The molecule has 0 bridgehead atoms. The van der Waals surface area contributed by atoms with Crippen molar-refractivity contribution in [2.75, 3.05) is 6.54 Å². The fourth-order valence-corrected chi connectivity index (χ4v) is 1.08. The summed E-state index contributed by atoms with van der Waals surface area (Å²) in [5.74, 6) is 0.187. The largest absolute Gasteiger partial charge is 0.475 e. The van der Waals surface area contributed by atoms with Gasteiger partial charge in [-0.05, 0) is 12.1 Å². The van der Waals surface area contributed by atoms with E-state index in [4.69, 9.17) is 10.00 Å². The van der Waals surface area contributed by atoms with Crippen LogP contribution >= 0.6 is 0 Å². The summed E-state index contributed by atoms with van der Waals surface area (Å²) in [6, 6.07) is 11.4. The van der Waals surface area contributed by atoms with E-state index in [0.717, 1.165) is 18.7 Å². The van der Waals surface area contributed by atoms with Crippen LogP contribution in [0.25, 0.3) is 0 Å². The molecule has 0 radical (unpaired) electrons. The van der Waals surface area contributed by atoms with Gasteiger partial charge in [-0.25, -0.2) is 0 Å². The van der Waals surface area contributed by atoms with Gasteiger partial charge < -0.3 is 10.5 Å². The fourth-order valence-electron chi connectivity index (χ4n) is 1.08. The van der Waals surface area contributed by atoms with E-state index in [1.54, 1.807) is 0 Å². The number of nitrogens with two attached hydrogens (primary N) is 1. The fraction of sp³-hybridized carbons (Fsp3) is 0.231. The second-order valence-corrected chi connectivity index (χ2v) is 3.62. The minimum Gasteiger partial charge on any atom is -0.475 e. The maximum Gasteiger partial charge on any atom is 0.258 e. The summed E-state index contributed by atoms with van der Waals surface area (Å²) in [5.41, 5.74) is 4.38. The van der Waals surface area contributed by atoms with Gasteiger partial charge in [-0.2, -0.15) is 5.26 Å². The average Bonchev–Trinajstić information content (AvgIpc) is 2.35. The Morgan fingerprint density at radius 1 is 1.50 bits per heavy atom. The van der Waals surface area contributed by atoms with E-state index in [1.165, 1.54) is 6.07 Å². The molecule has 3 N–H and O–H groups in total. The van der Waals surface area contributed by atoms with E-state index < -0.39 is 5.91 Å². The zero-order valence-corrected chi connectivity index (χ0v) is 9.93. The number of hydrogen-bond acceptors (Lipinski definition) is 4. The number of ether oxygens (including phenoxy) is 1. The molecule has 1 unspecified atom stereocenters. The Bertz CT molecular complexity index is 447. The summed E-state index contributed by atoms with van der Waals surface area (Å²) in [7, 11) is 0. The van der Waals surface area contributed by atoms with Gasteiger partial charge in [-0.3, -0.25) is 10.1 Å². The van der Waals surface area contributed by atoms with Crippen LogP contribution in [0.1, 0.15) is 6.42 Å². The zero-order valence-electron chi connectivity index (χ0n) is 9.93. The molecule has 1 fully saturated rings. The van der Waals surface area contributed by atoms with E-state index in [1.807, 2.05) is 30.3 Å². The van der Waals surface area contributed by atoms with Crippen molar-refractivity contribution in [3.8, 4) is 11.8 Å². The molecule has 1 aromatic rings. The van der Waals surface area contributed by atoms with Crippen LogP contribution in [0.3, 0.4) is 0 Å². The van der Waals surface area contributed by atoms with Crippen LogP contribution in [0, 0.1) is 11.3 Å². The molecule has 1 aliphatic heterocycles. The highest BCUT2D eigenvalue weighted by Crippen LogP contribution is 2.13. The monoisotopic (exact) mass is 245 g/mol. The number of benzene rings is 1. The van der Waals surface area contributed by atoms with Gasteiger partial charge >= 0.3 is 0 Å². The lowest BCUT2D eigenvalue weighted by Crippen LogP contribution is -2.46. The highest BCUT2D eigenvalue weighted by atomic mass is 16.5. The molecule has 0 saturated carbocycles. The topological polar surface area (TPSA) is 88.1 Å². The smallest absolute Gasteiger partial charge is 0.258 e. The summed E-state index contributed by atoms with van der Waals surface area (Å²) in [6.45, 7) is 4.12. The molecule has 0 spiro atoms. The van der Waals surface area contributed by atoms with Crippen LogP contribution in [0.5, 0.6) is 5.75 Å². The van der Waals surface area contributed by atoms with Gasteiger partial charge in [0, 0.05) is 13.0 Å². The van der Waals surface area contributed by atoms with Crippen molar-refractivity contribution >= 4 is 5.91 Å². The maximum absolute atomic E-state index is 9.83. The molecule has 0 aromatic heterocycles. The van der Waals surface area contributed by atoms with Crippen molar-refractivity contribution in [3.05, 3.63) is 42.5 Å². The molecule has 1 heterocycles. The molecule has 5 nitrogen and oxygen atoms in total. The van der Waals surface area contributed by atoms with Crippen LogP contribution in [0.4, 0.5) is 0 Å². The number of nitrogens with zero attached hydrogens (tertiary/aromatic N) is 1. The van der Waals surface area contributed by atoms with Gasteiger partial charge in [0.05, 0.1) is 0 Å². The number of carbonyl (C=O) groups excluding carboxylic acids is 1. The molecular formula is C13H15N3O2. The van der Waals surface area contributed by atoms with E-state index in [9.17, 15) is 4.79 Å². The zero-order chi connectivity index (χ0) is 13.4. The van der Waals surface area contributed by atoms with Gasteiger partial charge in [0.25, 0.3) is 5.91 Å². The molecule has 1 saturated heterocycles. The second kappa shape index (κ2) is 7.09. The standard InChI is InChI=1S/C9H11NO.C4H4N2O/c1-2-4-8(5-3-1)11-9-6-7-10-9;1-3(2-5)4(6)7/h1-5,9-10H,6-7H2;1H2,(H2,6,7). The second-order valence-electron chi connectivity index (χ2n) is 3.62. The van der Waals surface area contributed by atoms with Crippen molar-refractivity contribution in [2.45, 2.75) is 12.6 Å². The Labute approximate surface area is 106 Å². The molecular weight excluding hydrogens is 230 g/mol. The number of nitriles is 1. The summed E-state index contributed by atoms with van der Waals surface area (Å²) >= 11 is 0. The number of nitrogens with one attached hydrogen (secondary N) is 1. The van der Waals surface area contributed by atoms with Crippen LogP contribution in [-0.4, -0.2) is 18.7 Å². The molecule has 5 heteroatoms. The van der Waals surface area contributed by atoms with E-state index in [-0.39, 0.29) is 11.8 Å². The Morgan fingerprint density at radius 3 is 2.44 bits per heavy atom. The van der Waals surface area contributed by atoms with Gasteiger partial charge in [0.15, 0.2) is 6.23 Å². The molecule has 1 amide bonds. The molecule has 2 rings (SSSR count). The van der Waals surface area contributed by atoms with Gasteiger partial charge in [-0.1, -0.05) is 24.8 Å². The number of carbonyl (C=O) groups is 1. The lowest BCUT2D eigenvalue weighted by atomic mass is 10.2. The van der Waals surface area contributed by atoms with Gasteiger partial charge in [0.1, 0.15) is 17.4 Å². The molecule has 0 aliphatic carbocycles. The summed E-state index contributed by atoms with van der Waals surface area (Å²) < 4.78 is 5.54. The Hall–Kier alpha value is -2.32. The first-order valence-corrected chi connectivity index (χ1v) is 5.47. The molecule has 1 aliphatic rings. The average molecular weight is 245 g/mol. The Kier molecular flexibility index (Phi) is 5.42. The van der Waals surface area contributed by atoms with Crippen LogP contribution in [0.15, 0.2) is 42.5 Å². The summed E-state index contributed by atoms with van der Waals surface area (Å²) in [6.07, 6.45) is 1.37. The van der Waals surface area contributed by atoms with Crippen LogP contribution in [-0.2, 0) is 4.79 Å². The number of para-hydroxylation sites is 1. The molecule has 94 valence electrons. The van der Waals surface area contributed by atoms with Gasteiger partial charge in [0.2, 0.25) is 0 Å². The highest BCUT2D eigenvalue weighted by Gasteiger charge is 2.16. The first kappa shape index (κ1) is 13.7. The predicted molar refractivity (Wildman–Crippen MR) is 67.4 cm³/mol. The molecule has 18 heavy (non-hydrogen) atoms. The third kappa shape index (κ3) is 4.68. The quantitative estimate of drug-likeness (QED) is 0.612. The maximum atomic E-state index is 9.83. The van der Waals surface area contributed by atoms with E-state index in [2.05, 4.69) is 17.6 Å². The van der Waals surface area contributed by atoms with Crippen molar-refractivity contribution in [1.82, 2.24) is 5.32 Å². The van der Waals surface area contributed by atoms with Crippen molar-refractivity contribution < 1.29 is 9.53 Å². The summed E-state index contributed by atoms with van der Waals surface area (Å²) in [4.78, 5) is 9.83. The van der Waals surface area contributed by atoms with Crippen LogP contribution in [0.2, 0.25) is 0 Å². The summed E-state index contributed by atoms with van der Waals surface area (Å²) in [5, 5.41) is 11.0. The lowest BCUT2D eigenvalue weighted by molar-refractivity contribution is -0.114. The lowest BCUT2D eigenvalue weighted by Gasteiger charge is -2.27. The van der Waals surface area contributed by atoms with E-state index >= 15 is 0 Å². The minimum absolute atomic E-state index is 0.208. The third-order valence-corrected chi connectivity index (χ3v) is 2.23. The first-order chi connectivity index (χ1) is 8.63. The van der Waals surface area contributed by atoms with Crippen molar-refractivity contribution in [1.29, 1.82) is 5.26 Å². The van der Waals surface area contributed by atoms with Crippen LogP contribution < -0.4 is 15.8 Å².